The number of carboxylic acid groups (broad SMARTS) is 1. The number of halogens is 3. The molecule has 2 aromatic heterocycles. The molecule has 1 N–H and O–H groups in total. The highest BCUT2D eigenvalue weighted by molar-refractivity contribution is 9.10. The fourth-order valence-corrected chi connectivity index (χ4v) is 1.52. The van der Waals surface area contributed by atoms with Gasteiger partial charge in [-0.1, -0.05) is 0 Å². The number of nitrogens with zero attached hydrogens (tertiary/aromatic N) is 2. The Bertz CT molecular complexity index is 529. The molecule has 0 bridgehead atoms. The van der Waals surface area contributed by atoms with Crippen molar-refractivity contribution in [2.75, 3.05) is 0 Å². The molecule has 0 aliphatic heterocycles. The van der Waals surface area contributed by atoms with Gasteiger partial charge in [0.05, 0.1) is 6.20 Å². The third-order valence-electron chi connectivity index (χ3n) is 1.78. The fraction of sp³-hybridized carbons (Fsp3) is 0. The van der Waals surface area contributed by atoms with Crippen LogP contribution in [0.4, 0.5) is 4.39 Å². The zero-order valence-corrected chi connectivity index (χ0v) is 9.55. The smallest absolute Gasteiger partial charge is 0.338 e. The Morgan fingerprint density at radius 1 is 1.60 bits per heavy atom. The molecule has 4 nitrogen and oxygen atoms in total. The van der Waals surface area contributed by atoms with Gasteiger partial charge in [0.1, 0.15) is 15.8 Å². The highest BCUT2D eigenvalue weighted by Gasteiger charge is 2.13. The van der Waals surface area contributed by atoms with E-state index in [1.54, 1.807) is 0 Å². The normalized spacial score (nSPS) is 10.0. The summed E-state index contributed by atoms with van der Waals surface area (Å²) >= 11 is 3.15. The predicted molar refractivity (Wildman–Crippen MR) is 57.1 cm³/mol. The van der Waals surface area contributed by atoms with Gasteiger partial charge in [0.2, 0.25) is 0 Å². The van der Waals surface area contributed by atoms with Gasteiger partial charge in [-0.15, -0.1) is 12.4 Å². The summed E-state index contributed by atoms with van der Waals surface area (Å²) in [6, 6.07) is 1.18. The number of pyridine rings is 1. The number of rotatable bonds is 1. The Kier molecular flexibility index (Phi) is 3.31. The number of imidazole rings is 1. The largest absolute Gasteiger partial charge is 0.478 e. The highest BCUT2D eigenvalue weighted by Crippen LogP contribution is 2.16. The van der Waals surface area contributed by atoms with Crippen molar-refractivity contribution in [2.24, 2.45) is 0 Å². The Balaban J connectivity index is 0.00000112. The molecule has 15 heavy (non-hydrogen) atoms. The van der Waals surface area contributed by atoms with Gasteiger partial charge in [-0.25, -0.2) is 14.2 Å². The quantitative estimate of drug-likeness (QED) is 0.878. The standard InChI is InChI=1S/C8H4BrFN2O2.ClH/c9-6-2-11-7-1-4(8(13)14)5(10)3-12(6)7;/h1-3H,(H,13,14);1H. The van der Waals surface area contributed by atoms with Crippen molar-refractivity contribution in [3.05, 3.63) is 34.4 Å². The molecule has 0 unspecified atom stereocenters. The maximum Gasteiger partial charge on any atom is 0.338 e. The molecule has 2 rings (SSSR count). The van der Waals surface area contributed by atoms with Gasteiger partial charge in [0.15, 0.2) is 5.82 Å². The molecule has 0 spiro atoms. The van der Waals surface area contributed by atoms with E-state index in [4.69, 9.17) is 5.11 Å². The predicted octanol–water partition coefficient (Wildman–Crippen LogP) is 2.36. The van der Waals surface area contributed by atoms with Crippen LogP contribution in [0.1, 0.15) is 10.4 Å². The third kappa shape index (κ3) is 1.95. The lowest BCUT2D eigenvalue weighted by Gasteiger charge is -1.99. The molecule has 0 aliphatic rings. The van der Waals surface area contributed by atoms with Crippen LogP contribution in [0.15, 0.2) is 23.1 Å². The van der Waals surface area contributed by atoms with E-state index in [-0.39, 0.29) is 18.0 Å². The summed E-state index contributed by atoms with van der Waals surface area (Å²) in [4.78, 5) is 14.5. The molecule has 0 fully saturated rings. The van der Waals surface area contributed by atoms with Gasteiger partial charge in [0, 0.05) is 6.20 Å². The molecule has 0 amide bonds. The summed E-state index contributed by atoms with van der Waals surface area (Å²) in [5, 5.41) is 8.64. The number of fused-ring (bicyclic) bond motifs is 1. The molecule has 2 heterocycles. The number of aromatic nitrogens is 2. The zero-order chi connectivity index (χ0) is 10.3. The van der Waals surface area contributed by atoms with Crippen molar-refractivity contribution in [1.29, 1.82) is 0 Å². The van der Waals surface area contributed by atoms with E-state index in [1.807, 2.05) is 0 Å². The van der Waals surface area contributed by atoms with Gasteiger partial charge in [-0.05, 0) is 22.0 Å². The lowest BCUT2D eigenvalue weighted by atomic mass is 10.2. The number of carboxylic acids is 1. The molecule has 7 heteroatoms. The molecule has 0 aromatic carbocycles. The first kappa shape index (κ1) is 11.9. The van der Waals surface area contributed by atoms with Crippen molar-refractivity contribution in [3.63, 3.8) is 0 Å². The zero-order valence-electron chi connectivity index (χ0n) is 7.15. The number of aromatic carboxylic acids is 1. The monoisotopic (exact) mass is 294 g/mol. The van der Waals surface area contributed by atoms with Crippen LogP contribution in [0.2, 0.25) is 0 Å². The minimum atomic E-state index is -1.30. The minimum absolute atomic E-state index is 0. The van der Waals surface area contributed by atoms with Crippen molar-refractivity contribution in [3.8, 4) is 0 Å². The summed E-state index contributed by atoms with van der Waals surface area (Å²) in [7, 11) is 0. The number of carbonyl (C=O) groups is 1. The summed E-state index contributed by atoms with van der Waals surface area (Å²) in [5.41, 5.74) is 0.00581. The molecule has 2 aromatic rings. The second-order valence-corrected chi connectivity index (χ2v) is 3.46. The first-order valence-electron chi connectivity index (χ1n) is 3.65. The lowest BCUT2D eigenvalue weighted by Crippen LogP contribution is -2.02. The van der Waals surface area contributed by atoms with Crippen LogP contribution in [0.25, 0.3) is 5.65 Å². The van der Waals surface area contributed by atoms with E-state index in [0.717, 1.165) is 6.20 Å². The van der Waals surface area contributed by atoms with Gasteiger partial charge >= 0.3 is 5.97 Å². The van der Waals surface area contributed by atoms with E-state index in [0.29, 0.717) is 10.3 Å². The average molecular weight is 295 g/mol. The molecule has 80 valence electrons. The highest BCUT2D eigenvalue weighted by atomic mass is 79.9. The molecule has 0 radical (unpaired) electrons. The second kappa shape index (κ2) is 4.16. The molecule has 0 saturated heterocycles. The first-order valence-corrected chi connectivity index (χ1v) is 4.44. The van der Waals surface area contributed by atoms with Crippen LogP contribution in [0, 0.1) is 5.82 Å². The van der Waals surface area contributed by atoms with Crippen molar-refractivity contribution in [1.82, 2.24) is 9.38 Å². The van der Waals surface area contributed by atoms with Crippen LogP contribution in [0.3, 0.4) is 0 Å². The van der Waals surface area contributed by atoms with Crippen molar-refractivity contribution in [2.45, 2.75) is 0 Å². The average Bonchev–Trinajstić information content (AvgIpc) is 2.46. The van der Waals surface area contributed by atoms with Gasteiger partial charge < -0.3 is 5.11 Å². The maximum absolute atomic E-state index is 13.2. The third-order valence-corrected chi connectivity index (χ3v) is 2.37. The topological polar surface area (TPSA) is 54.6 Å². The fourth-order valence-electron chi connectivity index (χ4n) is 1.13. The maximum atomic E-state index is 13.2. The van der Waals surface area contributed by atoms with Gasteiger partial charge in [-0.3, -0.25) is 4.40 Å². The molecular formula is C8H5BrClFN2O2. The Labute approximate surface area is 98.3 Å². The van der Waals surface area contributed by atoms with E-state index >= 15 is 0 Å². The summed E-state index contributed by atoms with van der Waals surface area (Å²) in [6.45, 7) is 0. The summed E-state index contributed by atoms with van der Waals surface area (Å²) in [6.07, 6.45) is 2.55. The molecular weight excluding hydrogens is 290 g/mol. The summed E-state index contributed by atoms with van der Waals surface area (Å²) < 4.78 is 15.2. The first-order chi connectivity index (χ1) is 6.59. The lowest BCUT2D eigenvalue weighted by molar-refractivity contribution is 0.0692. The van der Waals surface area contributed by atoms with Gasteiger partial charge in [0.25, 0.3) is 0 Å². The minimum Gasteiger partial charge on any atom is -0.478 e. The number of hydrogen-bond donors (Lipinski definition) is 1. The van der Waals surface area contributed by atoms with E-state index < -0.39 is 11.8 Å². The molecule has 0 aliphatic carbocycles. The van der Waals surface area contributed by atoms with Crippen molar-refractivity contribution >= 4 is 40.0 Å². The van der Waals surface area contributed by atoms with Crippen LogP contribution >= 0.6 is 28.3 Å². The van der Waals surface area contributed by atoms with Crippen LogP contribution in [-0.4, -0.2) is 20.5 Å². The Hall–Kier alpha value is -1.14. The van der Waals surface area contributed by atoms with Crippen LogP contribution in [-0.2, 0) is 0 Å². The Morgan fingerprint density at radius 2 is 2.27 bits per heavy atom. The van der Waals surface area contributed by atoms with Crippen LogP contribution < -0.4 is 0 Å². The van der Waals surface area contributed by atoms with E-state index in [2.05, 4.69) is 20.9 Å². The molecule has 0 atom stereocenters. The SMILES string of the molecule is Cl.O=C(O)c1cc2ncc(Br)n2cc1F. The van der Waals surface area contributed by atoms with E-state index in [1.165, 1.54) is 16.7 Å². The van der Waals surface area contributed by atoms with E-state index in [9.17, 15) is 9.18 Å². The van der Waals surface area contributed by atoms with Gasteiger partial charge in [-0.2, -0.15) is 0 Å². The van der Waals surface area contributed by atoms with Crippen molar-refractivity contribution < 1.29 is 14.3 Å². The second-order valence-electron chi connectivity index (χ2n) is 2.65. The number of hydrogen-bond acceptors (Lipinski definition) is 2. The Morgan fingerprint density at radius 3 is 2.87 bits per heavy atom. The van der Waals surface area contributed by atoms with Crippen LogP contribution in [0.5, 0.6) is 0 Å². The molecule has 0 saturated carbocycles. The summed E-state index contributed by atoms with van der Waals surface area (Å²) in [5.74, 6) is -2.09.